The van der Waals surface area contributed by atoms with E-state index in [0.717, 1.165) is 12.8 Å². The SMILES string of the molecule is CCCC(OC)c1noc(CCN)n1. The molecule has 0 radical (unpaired) electrons. The number of nitrogens with two attached hydrogens (primary N) is 1. The maximum atomic E-state index is 5.38. The lowest BCUT2D eigenvalue weighted by Gasteiger charge is -2.08. The highest BCUT2D eigenvalue weighted by Gasteiger charge is 2.16. The summed E-state index contributed by atoms with van der Waals surface area (Å²) >= 11 is 0. The number of nitrogens with zero attached hydrogens (tertiary/aromatic N) is 2. The van der Waals surface area contributed by atoms with Crippen molar-refractivity contribution >= 4 is 0 Å². The first-order valence-corrected chi connectivity index (χ1v) is 4.87. The molecule has 2 N–H and O–H groups in total. The van der Waals surface area contributed by atoms with Crippen LogP contribution in [-0.4, -0.2) is 23.8 Å². The Hall–Kier alpha value is -0.940. The van der Waals surface area contributed by atoms with Gasteiger partial charge in [0.25, 0.3) is 0 Å². The number of hydrogen-bond donors (Lipinski definition) is 1. The van der Waals surface area contributed by atoms with Crippen LogP contribution in [0.4, 0.5) is 0 Å². The molecule has 1 aromatic rings. The molecule has 0 aliphatic heterocycles. The molecule has 1 rings (SSSR count). The van der Waals surface area contributed by atoms with Crippen molar-refractivity contribution in [3.63, 3.8) is 0 Å². The Morgan fingerprint density at radius 3 is 2.93 bits per heavy atom. The maximum absolute atomic E-state index is 5.38. The van der Waals surface area contributed by atoms with Crippen LogP contribution in [0.1, 0.15) is 37.6 Å². The summed E-state index contributed by atoms with van der Waals surface area (Å²) in [6.45, 7) is 2.61. The summed E-state index contributed by atoms with van der Waals surface area (Å²) in [6.07, 6.45) is 2.49. The van der Waals surface area contributed by atoms with E-state index < -0.39 is 0 Å². The smallest absolute Gasteiger partial charge is 0.228 e. The first kappa shape index (κ1) is 11.1. The normalized spacial score (nSPS) is 13.1. The lowest BCUT2D eigenvalue weighted by Crippen LogP contribution is -2.05. The molecule has 5 heteroatoms. The Morgan fingerprint density at radius 2 is 2.36 bits per heavy atom. The summed E-state index contributed by atoms with van der Waals surface area (Å²) in [4.78, 5) is 4.21. The second-order valence-electron chi connectivity index (χ2n) is 3.10. The van der Waals surface area contributed by atoms with Crippen LogP contribution in [-0.2, 0) is 11.2 Å². The standard InChI is InChI=1S/C9H17N3O2/c1-3-4-7(13-2)9-11-8(5-6-10)14-12-9/h7H,3-6,10H2,1-2H3. The van der Waals surface area contributed by atoms with Gasteiger partial charge in [0.05, 0.1) is 0 Å². The van der Waals surface area contributed by atoms with E-state index in [2.05, 4.69) is 17.1 Å². The van der Waals surface area contributed by atoms with E-state index in [1.165, 1.54) is 0 Å². The van der Waals surface area contributed by atoms with Gasteiger partial charge in [-0.25, -0.2) is 0 Å². The van der Waals surface area contributed by atoms with Gasteiger partial charge in [0, 0.05) is 20.1 Å². The number of methoxy groups -OCH3 is 1. The molecule has 0 amide bonds. The highest BCUT2D eigenvalue weighted by Crippen LogP contribution is 2.18. The minimum absolute atomic E-state index is 0.0599. The molecule has 0 aromatic carbocycles. The molecule has 0 saturated carbocycles. The fourth-order valence-corrected chi connectivity index (χ4v) is 1.24. The lowest BCUT2D eigenvalue weighted by atomic mass is 10.2. The maximum Gasteiger partial charge on any atom is 0.228 e. The lowest BCUT2D eigenvalue weighted by molar-refractivity contribution is 0.0854. The Morgan fingerprint density at radius 1 is 1.57 bits per heavy atom. The fourth-order valence-electron chi connectivity index (χ4n) is 1.24. The molecule has 0 saturated heterocycles. The average molecular weight is 199 g/mol. The third kappa shape index (κ3) is 2.78. The van der Waals surface area contributed by atoms with Gasteiger partial charge in [-0.2, -0.15) is 4.98 Å². The Bertz CT molecular complexity index is 262. The molecule has 1 heterocycles. The largest absolute Gasteiger partial charge is 0.373 e. The van der Waals surface area contributed by atoms with E-state index in [1.807, 2.05) is 0 Å². The van der Waals surface area contributed by atoms with Gasteiger partial charge in [0.1, 0.15) is 6.10 Å². The topological polar surface area (TPSA) is 74.2 Å². The quantitative estimate of drug-likeness (QED) is 0.741. The molecule has 1 unspecified atom stereocenters. The third-order valence-corrected chi connectivity index (χ3v) is 1.97. The van der Waals surface area contributed by atoms with E-state index in [9.17, 15) is 0 Å². The summed E-state index contributed by atoms with van der Waals surface area (Å²) < 4.78 is 10.3. The molecule has 0 bridgehead atoms. The number of hydrogen-bond acceptors (Lipinski definition) is 5. The molecule has 1 aromatic heterocycles. The minimum Gasteiger partial charge on any atom is -0.373 e. The van der Waals surface area contributed by atoms with Gasteiger partial charge < -0.3 is 15.0 Å². The fraction of sp³-hybridized carbons (Fsp3) is 0.778. The summed E-state index contributed by atoms with van der Waals surface area (Å²) in [6, 6.07) is 0. The second-order valence-corrected chi connectivity index (χ2v) is 3.10. The number of rotatable bonds is 6. The molecule has 5 nitrogen and oxygen atoms in total. The highest BCUT2D eigenvalue weighted by molar-refractivity contribution is 4.91. The first-order chi connectivity index (χ1) is 6.81. The van der Waals surface area contributed by atoms with Crippen LogP contribution in [0.2, 0.25) is 0 Å². The second kappa shape index (κ2) is 5.72. The van der Waals surface area contributed by atoms with Gasteiger partial charge in [-0.1, -0.05) is 18.5 Å². The van der Waals surface area contributed by atoms with Gasteiger partial charge in [-0.15, -0.1) is 0 Å². The third-order valence-electron chi connectivity index (χ3n) is 1.97. The van der Waals surface area contributed by atoms with Crippen LogP contribution in [0.3, 0.4) is 0 Å². The van der Waals surface area contributed by atoms with Crippen molar-refractivity contribution in [1.82, 2.24) is 10.1 Å². The van der Waals surface area contributed by atoms with Crippen LogP contribution in [0.15, 0.2) is 4.52 Å². The van der Waals surface area contributed by atoms with Crippen molar-refractivity contribution in [2.24, 2.45) is 5.73 Å². The van der Waals surface area contributed by atoms with Crippen LogP contribution in [0.25, 0.3) is 0 Å². The summed E-state index contributed by atoms with van der Waals surface area (Å²) in [5.41, 5.74) is 5.38. The zero-order valence-electron chi connectivity index (χ0n) is 8.69. The molecule has 0 aliphatic rings. The molecule has 0 fully saturated rings. The molecular weight excluding hydrogens is 182 g/mol. The van der Waals surface area contributed by atoms with E-state index in [0.29, 0.717) is 24.7 Å². The molecule has 0 aliphatic carbocycles. The predicted molar refractivity (Wildman–Crippen MR) is 51.7 cm³/mol. The minimum atomic E-state index is -0.0599. The molecule has 80 valence electrons. The van der Waals surface area contributed by atoms with E-state index >= 15 is 0 Å². The Balaban J connectivity index is 2.63. The summed E-state index contributed by atoms with van der Waals surface area (Å²) in [5, 5.41) is 3.86. The van der Waals surface area contributed by atoms with Crippen molar-refractivity contribution in [1.29, 1.82) is 0 Å². The van der Waals surface area contributed by atoms with E-state index in [-0.39, 0.29) is 6.10 Å². The molecular formula is C9H17N3O2. The van der Waals surface area contributed by atoms with Crippen molar-refractivity contribution in [3.05, 3.63) is 11.7 Å². The van der Waals surface area contributed by atoms with Crippen molar-refractivity contribution in [2.75, 3.05) is 13.7 Å². The van der Waals surface area contributed by atoms with Gasteiger partial charge >= 0.3 is 0 Å². The zero-order valence-corrected chi connectivity index (χ0v) is 8.69. The molecule has 0 spiro atoms. The van der Waals surface area contributed by atoms with Crippen molar-refractivity contribution in [3.8, 4) is 0 Å². The molecule has 14 heavy (non-hydrogen) atoms. The van der Waals surface area contributed by atoms with Crippen LogP contribution in [0.5, 0.6) is 0 Å². The summed E-state index contributed by atoms with van der Waals surface area (Å²) in [7, 11) is 1.65. The summed E-state index contributed by atoms with van der Waals surface area (Å²) in [5.74, 6) is 1.21. The van der Waals surface area contributed by atoms with Gasteiger partial charge in [-0.05, 0) is 6.42 Å². The average Bonchev–Trinajstić information content (AvgIpc) is 2.63. The van der Waals surface area contributed by atoms with Crippen LogP contribution < -0.4 is 5.73 Å². The van der Waals surface area contributed by atoms with Crippen molar-refractivity contribution < 1.29 is 9.26 Å². The monoisotopic (exact) mass is 199 g/mol. The van der Waals surface area contributed by atoms with Gasteiger partial charge in [0.15, 0.2) is 0 Å². The zero-order chi connectivity index (χ0) is 10.4. The Labute approximate surface area is 83.6 Å². The predicted octanol–water partition coefficient (Wildman–Crippen LogP) is 1.06. The highest BCUT2D eigenvalue weighted by atomic mass is 16.5. The van der Waals surface area contributed by atoms with E-state index in [1.54, 1.807) is 7.11 Å². The van der Waals surface area contributed by atoms with Crippen LogP contribution >= 0.6 is 0 Å². The number of aromatic nitrogens is 2. The van der Waals surface area contributed by atoms with Gasteiger partial charge in [-0.3, -0.25) is 0 Å². The van der Waals surface area contributed by atoms with Crippen molar-refractivity contribution in [2.45, 2.75) is 32.3 Å². The number of ether oxygens (including phenoxy) is 1. The first-order valence-electron chi connectivity index (χ1n) is 4.87. The Kier molecular flexibility index (Phi) is 4.55. The van der Waals surface area contributed by atoms with Gasteiger partial charge in [0.2, 0.25) is 11.7 Å². The van der Waals surface area contributed by atoms with E-state index in [4.69, 9.17) is 15.0 Å². The molecule has 1 atom stereocenters. The van der Waals surface area contributed by atoms with Crippen LogP contribution in [0, 0.1) is 0 Å².